The largest absolute Gasteiger partial charge is 0.503 e. The molecule has 0 spiro atoms. The predicted molar refractivity (Wildman–Crippen MR) is 151 cm³/mol. The van der Waals surface area contributed by atoms with E-state index in [4.69, 9.17) is 16.6 Å². The van der Waals surface area contributed by atoms with Gasteiger partial charge in [0.2, 0.25) is 5.13 Å². The van der Waals surface area contributed by atoms with Crippen molar-refractivity contribution < 1.29 is 9.90 Å². The van der Waals surface area contributed by atoms with Crippen molar-refractivity contribution in [3.8, 4) is 0 Å². The fourth-order valence-electron chi connectivity index (χ4n) is 4.16. The number of fused-ring (bicyclic) bond motifs is 1. The maximum atomic E-state index is 13.5. The summed E-state index contributed by atoms with van der Waals surface area (Å²) < 4.78 is 1.72. The lowest BCUT2D eigenvalue weighted by Crippen LogP contribution is -2.30. The zero-order valence-electron chi connectivity index (χ0n) is 19.5. The van der Waals surface area contributed by atoms with Gasteiger partial charge in [-0.3, -0.25) is 9.69 Å². The zero-order chi connectivity index (χ0) is 25.5. The van der Waals surface area contributed by atoms with Crippen molar-refractivity contribution in [3.63, 3.8) is 0 Å². The highest BCUT2D eigenvalue weighted by atomic mass is 35.5. The van der Waals surface area contributed by atoms with Crippen molar-refractivity contribution in [3.05, 3.63) is 105 Å². The number of para-hydroxylation sites is 1. The van der Waals surface area contributed by atoms with Gasteiger partial charge in [0.1, 0.15) is 5.01 Å². The third-order valence-electron chi connectivity index (χ3n) is 6.00. The minimum atomic E-state index is -0.573. The number of anilines is 1. The van der Waals surface area contributed by atoms with Gasteiger partial charge in [-0.05, 0) is 42.3 Å². The average Bonchev–Trinajstić information content (AvgIpc) is 3.61. The number of carbonyl (C=O) groups is 1. The van der Waals surface area contributed by atoms with E-state index >= 15 is 0 Å². The first kappa shape index (κ1) is 24.1. The van der Waals surface area contributed by atoms with Crippen LogP contribution in [0.15, 0.2) is 82.9 Å². The second-order valence-electron chi connectivity index (χ2n) is 8.50. The first-order chi connectivity index (χ1) is 18.0. The van der Waals surface area contributed by atoms with Crippen LogP contribution in [0.25, 0.3) is 15.8 Å². The van der Waals surface area contributed by atoms with Gasteiger partial charge in [-0.25, -0.2) is 4.98 Å². The van der Waals surface area contributed by atoms with Crippen LogP contribution in [0.3, 0.4) is 0 Å². The monoisotopic (exact) mass is 562 g/mol. The lowest BCUT2D eigenvalue weighted by molar-refractivity contribution is -0.117. The van der Waals surface area contributed by atoms with Crippen molar-refractivity contribution in [2.45, 2.75) is 23.1 Å². The van der Waals surface area contributed by atoms with Crippen LogP contribution in [0.2, 0.25) is 5.02 Å². The van der Waals surface area contributed by atoms with Crippen molar-refractivity contribution in [2.75, 3.05) is 4.90 Å². The number of aliphatic hydroxyl groups is 1. The van der Waals surface area contributed by atoms with Crippen LogP contribution in [0.1, 0.15) is 27.7 Å². The van der Waals surface area contributed by atoms with Crippen molar-refractivity contribution in [1.29, 1.82) is 0 Å². The Bertz CT molecular complexity index is 1610. The fourth-order valence-corrected chi connectivity index (χ4v) is 7.14. The zero-order valence-corrected chi connectivity index (χ0v) is 22.7. The molecule has 2 aromatic heterocycles. The molecule has 5 aromatic rings. The molecule has 1 aliphatic heterocycles. The molecular weight excluding hydrogens is 544 g/mol. The smallest absolute Gasteiger partial charge is 0.296 e. The second-order valence-corrected chi connectivity index (χ2v) is 12.1. The van der Waals surface area contributed by atoms with Gasteiger partial charge in [-0.15, -0.1) is 21.5 Å². The molecule has 3 heterocycles. The Hall–Kier alpha value is -3.24. The summed E-state index contributed by atoms with van der Waals surface area (Å²) in [5, 5.41) is 21.5. The number of amides is 1. The number of aromatic nitrogens is 3. The summed E-state index contributed by atoms with van der Waals surface area (Å²) >= 11 is 10.3. The Labute approximate surface area is 230 Å². The molecule has 0 saturated heterocycles. The molecule has 3 aromatic carbocycles. The lowest BCUT2D eigenvalue weighted by Gasteiger charge is -2.24. The van der Waals surface area contributed by atoms with Gasteiger partial charge in [0.25, 0.3) is 5.91 Å². The van der Waals surface area contributed by atoms with Gasteiger partial charge in [0, 0.05) is 10.8 Å². The number of halogens is 1. The van der Waals surface area contributed by atoms with Crippen molar-refractivity contribution >= 4 is 72.9 Å². The minimum Gasteiger partial charge on any atom is -0.503 e. The first-order valence-electron chi connectivity index (χ1n) is 11.4. The number of benzene rings is 3. The number of thioether (sulfide) groups is 1. The molecule has 0 fully saturated rings. The normalized spacial score (nSPS) is 15.8. The molecule has 184 valence electrons. The summed E-state index contributed by atoms with van der Waals surface area (Å²) in [5.41, 5.74) is 4.39. The Morgan fingerprint density at radius 1 is 1.00 bits per heavy atom. The molecule has 0 radical (unpaired) electrons. The number of hydrogen-bond acceptors (Lipinski definition) is 8. The van der Waals surface area contributed by atoms with E-state index in [1.807, 2.05) is 79.7 Å². The van der Waals surface area contributed by atoms with E-state index in [9.17, 15) is 9.90 Å². The van der Waals surface area contributed by atoms with Crippen LogP contribution in [-0.4, -0.2) is 26.2 Å². The highest BCUT2D eigenvalue weighted by molar-refractivity contribution is 8.00. The average molecular weight is 563 g/mol. The third-order valence-corrected chi connectivity index (χ3v) is 9.45. The van der Waals surface area contributed by atoms with E-state index in [1.54, 1.807) is 0 Å². The van der Waals surface area contributed by atoms with Gasteiger partial charge in [0.05, 0.1) is 21.8 Å². The van der Waals surface area contributed by atoms with Gasteiger partial charge >= 0.3 is 0 Å². The van der Waals surface area contributed by atoms with Gasteiger partial charge in [-0.1, -0.05) is 88.8 Å². The maximum absolute atomic E-state index is 13.5. The number of rotatable bonds is 6. The summed E-state index contributed by atoms with van der Waals surface area (Å²) in [6.45, 7) is 2.01. The Morgan fingerprint density at radius 2 is 1.76 bits per heavy atom. The maximum Gasteiger partial charge on any atom is 0.296 e. The molecule has 0 saturated carbocycles. The summed E-state index contributed by atoms with van der Waals surface area (Å²) in [7, 11) is 0. The van der Waals surface area contributed by atoms with Crippen LogP contribution in [0, 0.1) is 6.92 Å². The van der Waals surface area contributed by atoms with E-state index < -0.39 is 11.9 Å². The Kier molecular flexibility index (Phi) is 6.46. The molecule has 10 heteroatoms. The van der Waals surface area contributed by atoms with Crippen LogP contribution >= 0.6 is 46.0 Å². The Balaban J connectivity index is 1.37. The van der Waals surface area contributed by atoms with Crippen molar-refractivity contribution in [2.24, 2.45) is 0 Å². The number of thiazole rings is 1. The lowest BCUT2D eigenvalue weighted by atomic mass is 9.99. The molecule has 1 aliphatic rings. The molecule has 1 N–H and O–H groups in total. The van der Waals surface area contributed by atoms with E-state index in [1.165, 1.54) is 39.3 Å². The number of aliphatic hydroxyl groups excluding tert-OH is 1. The highest BCUT2D eigenvalue weighted by Gasteiger charge is 2.44. The molecule has 6 rings (SSSR count). The summed E-state index contributed by atoms with van der Waals surface area (Å²) in [4.78, 5) is 19.8. The fraction of sp³-hybridized carbons (Fsp3) is 0.111. The van der Waals surface area contributed by atoms with Crippen molar-refractivity contribution in [1.82, 2.24) is 15.2 Å². The summed E-state index contributed by atoms with van der Waals surface area (Å²) in [6.07, 6.45) is 0. The van der Waals surface area contributed by atoms with Crippen LogP contribution in [0.4, 0.5) is 5.13 Å². The van der Waals surface area contributed by atoms with Gasteiger partial charge < -0.3 is 5.11 Å². The molecule has 1 atom stereocenters. The topological polar surface area (TPSA) is 79.2 Å². The van der Waals surface area contributed by atoms with E-state index in [0.29, 0.717) is 26.5 Å². The van der Waals surface area contributed by atoms with Gasteiger partial charge in [0.15, 0.2) is 10.1 Å². The Morgan fingerprint density at radius 3 is 2.51 bits per heavy atom. The minimum absolute atomic E-state index is 0.310. The molecule has 1 amide bonds. The predicted octanol–water partition coefficient (Wildman–Crippen LogP) is 7.46. The molecule has 0 aliphatic carbocycles. The molecule has 0 bridgehead atoms. The van der Waals surface area contributed by atoms with E-state index in [-0.39, 0.29) is 5.76 Å². The molecule has 1 unspecified atom stereocenters. The summed E-state index contributed by atoms with van der Waals surface area (Å²) in [6, 6.07) is 22.8. The van der Waals surface area contributed by atoms with Crippen LogP contribution in [0.5, 0.6) is 0 Å². The number of carbonyl (C=O) groups excluding carboxylic acids is 1. The first-order valence-corrected chi connectivity index (χ1v) is 14.4. The molecule has 6 nitrogen and oxygen atoms in total. The quantitative estimate of drug-likeness (QED) is 0.171. The second kappa shape index (κ2) is 9.90. The molecular formula is C27H19ClN4O2S3. The number of hydrogen-bond donors (Lipinski definition) is 1. The molecule has 37 heavy (non-hydrogen) atoms. The van der Waals surface area contributed by atoms with Gasteiger partial charge in [-0.2, -0.15) is 0 Å². The number of aryl methyl sites for hydroxylation is 1. The third kappa shape index (κ3) is 4.64. The summed E-state index contributed by atoms with van der Waals surface area (Å²) in [5.74, 6) is -0.123. The number of nitrogens with zero attached hydrogens (tertiary/aromatic N) is 4. The van der Waals surface area contributed by atoms with E-state index in [2.05, 4.69) is 10.2 Å². The highest BCUT2D eigenvalue weighted by Crippen LogP contribution is 2.48. The standard InChI is InChI=1S/C27H19ClN4O2S3/c1-15-6-10-17(11-7-15)22-21(24-29-19-4-2-3-5-20(19)36-24)23(33)25(34)32(22)26-30-31-27(37-26)35-14-16-8-12-18(28)13-9-16/h2-13,22,33H,14H2,1H3. The van der Waals surface area contributed by atoms with Crippen LogP contribution in [-0.2, 0) is 10.5 Å². The SMILES string of the molecule is Cc1ccc(C2C(c3nc4ccccc4s3)=C(O)C(=O)N2c2nnc(SCc3ccc(Cl)cc3)s2)cc1. The van der Waals surface area contributed by atoms with Crippen LogP contribution < -0.4 is 4.90 Å². The van der Waals surface area contributed by atoms with E-state index in [0.717, 1.165) is 31.2 Å².